The van der Waals surface area contributed by atoms with E-state index in [1.807, 2.05) is 44.2 Å². The lowest BCUT2D eigenvalue weighted by molar-refractivity contribution is 0.0525. The Bertz CT molecular complexity index is 1150. The predicted molar refractivity (Wildman–Crippen MR) is 122 cm³/mol. The van der Waals surface area contributed by atoms with Crippen LogP contribution in [0.4, 0.5) is 0 Å². The van der Waals surface area contributed by atoms with Crippen LogP contribution < -0.4 is 9.47 Å². The van der Waals surface area contributed by atoms with Crippen LogP contribution in [0.15, 0.2) is 48.7 Å². The van der Waals surface area contributed by atoms with Gasteiger partial charge in [0.05, 0.1) is 24.2 Å². The van der Waals surface area contributed by atoms with E-state index >= 15 is 0 Å². The summed E-state index contributed by atoms with van der Waals surface area (Å²) in [5, 5.41) is 4.31. The lowest BCUT2D eigenvalue weighted by Gasteiger charge is -2.25. The Hall–Kier alpha value is -3.81. The average molecular weight is 450 g/mol. The molecule has 0 saturated heterocycles. The van der Waals surface area contributed by atoms with Gasteiger partial charge in [0.2, 0.25) is 0 Å². The molecule has 4 rings (SSSR count). The number of benzene rings is 2. The van der Waals surface area contributed by atoms with Crippen LogP contribution in [0, 0.1) is 6.92 Å². The lowest BCUT2D eigenvalue weighted by Crippen LogP contribution is -2.31. The molecule has 0 spiro atoms. The van der Waals surface area contributed by atoms with Crippen LogP contribution in [-0.4, -0.2) is 52.9 Å². The van der Waals surface area contributed by atoms with Gasteiger partial charge in [0.15, 0.2) is 11.5 Å². The number of fused-ring (bicyclic) bond motifs is 1. The molecule has 1 aliphatic heterocycles. The molecule has 0 saturated carbocycles. The number of esters is 1. The number of hydrogen-bond acceptors (Lipinski definition) is 6. The van der Waals surface area contributed by atoms with Gasteiger partial charge < -0.3 is 19.1 Å². The molecule has 0 aliphatic carbocycles. The lowest BCUT2D eigenvalue weighted by atomic mass is 10.1. The highest BCUT2D eigenvalue weighted by atomic mass is 16.6. The number of nitrogens with zero attached hydrogens (tertiary/aromatic N) is 3. The van der Waals surface area contributed by atoms with Crippen LogP contribution in [0.25, 0.3) is 5.69 Å². The van der Waals surface area contributed by atoms with Crippen LogP contribution in [0.3, 0.4) is 0 Å². The number of ether oxygens (including phenoxy) is 3. The van der Waals surface area contributed by atoms with Crippen molar-refractivity contribution in [3.8, 4) is 17.2 Å². The van der Waals surface area contributed by atoms with Gasteiger partial charge in [-0.3, -0.25) is 4.79 Å². The fourth-order valence-electron chi connectivity index (χ4n) is 3.80. The highest BCUT2D eigenvalue weighted by Gasteiger charge is 2.21. The molecule has 8 heteroatoms. The molecule has 0 bridgehead atoms. The van der Waals surface area contributed by atoms with E-state index < -0.39 is 5.97 Å². The van der Waals surface area contributed by atoms with Gasteiger partial charge in [0, 0.05) is 24.2 Å². The number of carbonyl (C=O) groups is 2. The Balaban J connectivity index is 1.52. The van der Waals surface area contributed by atoms with Gasteiger partial charge in [0.25, 0.3) is 5.91 Å². The summed E-state index contributed by atoms with van der Waals surface area (Å²) in [5.41, 5.74) is 3.34. The van der Waals surface area contributed by atoms with Gasteiger partial charge in [-0.05, 0) is 51.1 Å². The van der Waals surface area contributed by atoms with Crippen LogP contribution in [-0.2, 0) is 11.3 Å². The average Bonchev–Trinajstić information content (AvgIpc) is 3.23. The maximum absolute atomic E-state index is 13.2. The molecule has 0 radical (unpaired) electrons. The van der Waals surface area contributed by atoms with Crippen molar-refractivity contribution in [2.24, 2.45) is 0 Å². The molecule has 2 heterocycles. The first-order valence-corrected chi connectivity index (χ1v) is 11.0. The summed E-state index contributed by atoms with van der Waals surface area (Å²) in [4.78, 5) is 27.0. The topological polar surface area (TPSA) is 82.9 Å². The van der Waals surface area contributed by atoms with E-state index in [1.165, 1.54) is 6.20 Å². The normalized spacial score (nSPS) is 12.3. The number of hydrogen-bond donors (Lipinski definition) is 0. The number of amides is 1. The molecule has 8 nitrogen and oxygen atoms in total. The van der Waals surface area contributed by atoms with Gasteiger partial charge in [-0.1, -0.05) is 12.1 Å². The second-order valence-corrected chi connectivity index (χ2v) is 7.58. The minimum absolute atomic E-state index is 0.0808. The van der Waals surface area contributed by atoms with Gasteiger partial charge in [-0.2, -0.15) is 5.10 Å². The Morgan fingerprint density at radius 2 is 1.85 bits per heavy atom. The van der Waals surface area contributed by atoms with E-state index in [2.05, 4.69) is 5.10 Å². The third-order valence-electron chi connectivity index (χ3n) is 5.54. The van der Waals surface area contributed by atoms with Crippen LogP contribution in [0.5, 0.6) is 11.5 Å². The molecular formula is C25H27N3O5. The summed E-state index contributed by atoms with van der Waals surface area (Å²) in [7, 11) is 0. The van der Waals surface area contributed by atoms with Crippen LogP contribution >= 0.6 is 0 Å². The molecule has 2 aromatic carbocycles. The summed E-state index contributed by atoms with van der Waals surface area (Å²) in [6.07, 6.45) is 1.50. The molecule has 0 N–H and O–H groups in total. The number of para-hydroxylation sites is 1. The fourth-order valence-corrected chi connectivity index (χ4v) is 3.80. The number of aromatic nitrogens is 2. The standard InChI is InChI=1S/C25H27N3O5/c1-4-27(16-19-7-6-8-22-23(19)33-14-13-32-22)24(29)18-9-11-20(12-10-18)28-17(3)21(15-26-28)25(30)31-5-2/h6-12,15H,4-5,13-14,16H2,1-3H3. The zero-order valence-electron chi connectivity index (χ0n) is 19.0. The first kappa shape index (κ1) is 22.4. The maximum Gasteiger partial charge on any atom is 0.341 e. The largest absolute Gasteiger partial charge is 0.486 e. The molecule has 3 aromatic rings. The van der Waals surface area contributed by atoms with E-state index in [0.29, 0.717) is 61.2 Å². The summed E-state index contributed by atoms with van der Waals surface area (Å²) in [5.74, 6) is 0.937. The SMILES string of the molecule is CCOC(=O)c1cnn(-c2ccc(C(=O)N(CC)Cc3cccc4c3OCCO4)cc2)c1C. The number of rotatable bonds is 7. The third-order valence-corrected chi connectivity index (χ3v) is 5.54. The van der Waals surface area contributed by atoms with Crippen molar-refractivity contribution < 1.29 is 23.8 Å². The molecule has 0 fully saturated rings. The monoisotopic (exact) mass is 449 g/mol. The van der Waals surface area contributed by atoms with Crippen molar-refractivity contribution in [3.05, 3.63) is 71.0 Å². The maximum atomic E-state index is 13.2. The minimum Gasteiger partial charge on any atom is -0.486 e. The smallest absolute Gasteiger partial charge is 0.341 e. The Labute approximate surface area is 192 Å². The summed E-state index contributed by atoms with van der Waals surface area (Å²) < 4.78 is 18.2. The van der Waals surface area contributed by atoms with Crippen molar-refractivity contribution in [2.45, 2.75) is 27.3 Å². The van der Waals surface area contributed by atoms with E-state index in [0.717, 1.165) is 11.3 Å². The Morgan fingerprint density at radius 1 is 1.09 bits per heavy atom. The summed E-state index contributed by atoms with van der Waals surface area (Å²) in [6.45, 7) is 7.81. The second kappa shape index (κ2) is 9.77. The highest BCUT2D eigenvalue weighted by Crippen LogP contribution is 2.34. The van der Waals surface area contributed by atoms with Crippen molar-refractivity contribution in [2.75, 3.05) is 26.4 Å². The minimum atomic E-state index is -0.399. The van der Waals surface area contributed by atoms with Gasteiger partial charge >= 0.3 is 5.97 Å². The Morgan fingerprint density at radius 3 is 2.58 bits per heavy atom. The van der Waals surface area contributed by atoms with E-state index in [4.69, 9.17) is 14.2 Å². The van der Waals surface area contributed by atoms with Crippen molar-refractivity contribution in [1.29, 1.82) is 0 Å². The van der Waals surface area contributed by atoms with E-state index in [-0.39, 0.29) is 5.91 Å². The summed E-state index contributed by atoms with van der Waals surface area (Å²) in [6, 6.07) is 12.9. The second-order valence-electron chi connectivity index (χ2n) is 7.58. The van der Waals surface area contributed by atoms with Crippen LogP contribution in [0.2, 0.25) is 0 Å². The third kappa shape index (κ3) is 4.55. The van der Waals surface area contributed by atoms with Crippen molar-refractivity contribution in [3.63, 3.8) is 0 Å². The van der Waals surface area contributed by atoms with Gasteiger partial charge in [-0.25, -0.2) is 9.48 Å². The molecule has 172 valence electrons. The van der Waals surface area contributed by atoms with E-state index in [1.54, 1.807) is 28.6 Å². The quantitative estimate of drug-likeness (QED) is 0.511. The van der Waals surface area contributed by atoms with Crippen molar-refractivity contribution >= 4 is 11.9 Å². The fraction of sp³-hybridized carbons (Fsp3) is 0.320. The molecule has 0 atom stereocenters. The molecule has 33 heavy (non-hydrogen) atoms. The Kier molecular flexibility index (Phi) is 6.63. The molecule has 1 aliphatic rings. The summed E-state index contributed by atoms with van der Waals surface area (Å²) >= 11 is 0. The first-order valence-electron chi connectivity index (χ1n) is 11.0. The zero-order valence-corrected chi connectivity index (χ0v) is 19.0. The highest BCUT2D eigenvalue weighted by molar-refractivity contribution is 5.94. The predicted octanol–water partition coefficient (Wildman–Crippen LogP) is 3.79. The molecule has 1 amide bonds. The molecule has 0 unspecified atom stereocenters. The first-order chi connectivity index (χ1) is 16.0. The van der Waals surface area contributed by atoms with Gasteiger partial charge in [-0.15, -0.1) is 0 Å². The van der Waals surface area contributed by atoms with E-state index in [9.17, 15) is 9.59 Å². The zero-order chi connectivity index (χ0) is 23.4. The van der Waals surface area contributed by atoms with Gasteiger partial charge in [0.1, 0.15) is 18.8 Å². The van der Waals surface area contributed by atoms with Crippen LogP contribution in [0.1, 0.15) is 45.8 Å². The van der Waals surface area contributed by atoms with Crippen molar-refractivity contribution in [1.82, 2.24) is 14.7 Å². The number of carbonyl (C=O) groups excluding carboxylic acids is 2. The molecular weight excluding hydrogens is 422 g/mol. The molecule has 1 aromatic heterocycles.